The van der Waals surface area contributed by atoms with Crippen molar-refractivity contribution in [3.63, 3.8) is 0 Å². The van der Waals surface area contributed by atoms with Crippen LogP contribution in [0.2, 0.25) is 0 Å². The minimum absolute atomic E-state index is 0.106. The number of pyridine rings is 1. The molecule has 0 radical (unpaired) electrons. The number of carbonyl (C=O) groups excluding carboxylic acids is 2. The number of methoxy groups -OCH3 is 1. The molecular weight excluding hydrogens is 432 g/mol. The molecule has 0 fully saturated rings. The molecule has 1 aliphatic heterocycles. The number of ether oxygens (including phenoxy) is 3. The minimum atomic E-state index is -3.73. The number of carbonyl (C=O) groups is 2. The van der Waals surface area contributed by atoms with Gasteiger partial charge in [-0.25, -0.2) is 9.78 Å². The van der Waals surface area contributed by atoms with Crippen LogP contribution in [0.3, 0.4) is 0 Å². The molecule has 0 spiro atoms. The van der Waals surface area contributed by atoms with Crippen LogP contribution < -0.4 is 20.1 Å². The molecule has 31 heavy (non-hydrogen) atoms. The van der Waals surface area contributed by atoms with Crippen molar-refractivity contribution in [1.29, 1.82) is 0 Å². The molecule has 11 heteroatoms. The van der Waals surface area contributed by atoms with E-state index in [4.69, 9.17) is 0 Å². The Morgan fingerprint density at radius 3 is 2.77 bits per heavy atom. The van der Waals surface area contributed by atoms with Crippen molar-refractivity contribution in [3.05, 3.63) is 64.1 Å². The molecule has 0 bridgehead atoms. The lowest BCUT2D eigenvalue weighted by molar-refractivity contribution is -0.286. The summed E-state index contributed by atoms with van der Waals surface area (Å²) < 4.78 is 39.7. The standard InChI is InChI=1S/C20H15F2N3O5S/c1-28-19(27)14-8-11(4-6-23-14)10-24-13-5-7-31-17(13)18(26)25-12-2-3-15-16(9-12)30-20(21,22)29-15/h2-9,24H,10H2,1H3,(H,25,26). The van der Waals surface area contributed by atoms with Crippen LogP contribution in [0.4, 0.5) is 20.2 Å². The predicted octanol–water partition coefficient (Wildman–Crippen LogP) is 4.12. The normalized spacial score (nSPS) is 13.5. The van der Waals surface area contributed by atoms with Crippen molar-refractivity contribution in [1.82, 2.24) is 4.98 Å². The summed E-state index contributed by atoms with van der Waals surface area (Å²) in [5, 5.41) is 7.53. The molecule has 0 aliphatic carbocycles. The lowest BCUT2D eigenvalue weighted by Crippen LogP contribution is -2.25. The zero-order valence-electron chi connectivity index (χ0n) is 16.0. The smallest absolute Gasteiger partial charge is 0.464 e. The molecule has 1 aliphatic rings. The van der Waals surface area contributed by atoms with Gasteiger partial charge in [0.25, 0.3) is 5.91 Å². The number of esters is 1. The van der Waals surface area contributed by atoms with Gasteiger partial charge in [0.1, 0.15) is 10.6 Å². The number of aromatic nitrogens is 1. The van der Waals surface area contributed by atoms with Crippen molar-refractivity contribution < 1.29 is 32.6 Å². The molecule has 1 aromatic carbocycles. The van der Waals surface area contributed by atoms with Gasteiger partial charge in [0.2, 0.25) is 0 Å². The number of halogens is 2. The van der Waals surface area contributed by atoms with Gasteiger partial charge >= 0.3 is 12.3 Å². The Morgan fingerprint density at radius 1 is 1.16 bits per heavy atom. The molecular formula is C20H15F2N3O5S. The van der Waals surface area contributed by atoms with Crippen LogP contribution in [0, 0.1) is 0 Å². The van der Waals surface area contributed by atoms with E-state index in [1.807, 2.05) is 0 Å². The van der Waals surface area contributed by atoms with Crippen LogP contribution in [-0.4, -0.2) is 30.3 Å². The Bertz CT molecular complexity index is 1150. The van der Waals surface area contributed by atoms with E-state index >= 15 is 0 Å². The van der Waals surface area contributed by atoms with Gasteiger partial charge in [-0.3, -0.25) is 4.79 Å². The Balaban J connectivity index is 1.43. The summed E-state index contributed by atoms with van der Waals surface area (Å²) in [5.41, 5.74) is 1.80. The predicted molar refractivity (Wildman–Crippen MR) is 108 cm³/mol. The number of nitrogens with zero attached hydrogens (tertiary/aromatic N) is 1. The van der Waals surface area contributed by atoms with Gasteiger partial charge in [0.15, 0.2) is 11.5 Å². The Hall–Kier alpha value is -3.73. The maximum Gasteiger partial charge on any atom is 0.586 e. The molecule has 2 N–H and O–H groups in total. The molecule has 0 atom stereocenters. The van der Waals surface area contributed by atoms with E-state index in [1.165, 1.54) is 42.8 Å². The Morgan fingerprint density at radius 2 is 1.97 bits per heavy atom. The highest BCUT2D eigenvalue weighted by Gasteiger charge is 2.43. The quantitative estimate of drug-likeness (QED) is 0.549. The number of alkyl halides is 2. The van der Waals surface area contributed by atoms with Crippen LogP contribution in [-0.2, 0) is 11.3 Å². The number of benzene rings is 1. The minimum Gasteiger partial charge on any atom is -0.464 e. The maximum atomic E-state index is 13.2. The highest BCUT2D eigenvalue weighted by molar-refractivity contribution is 7.12. The fraction of sp³-hybridized carbons (Fsp3) is 0.150. The number of nitrogens with one attached hydrogen (secondary N) is 2. The summed E-state index contributed by atoms with van der Waals surface area (Å²) in [6.07, 6.45) is -2.23. The van der Waals surface area contributed by atoms with Gasteiger partial charge in [-0.15, -0.1) is 20.1 Å². The third-order valence-electron chi connectivity index (χ3n) is 4.23. The lowest BCUT2D eigenvalue weighted by Gasteiger charge is -2.09. The number of amides is 1. The molecule has 0 unspecified atom stereocenters. The molecule has 3 aromatic rings. The second-order valence-electron chi connectivity index (χ2n) is 6.34. The Labute approximate surface area is 178 Å². The van der Waals surface area contributed by atoms with E-state index in [1.54, 1.807) is 23.6 Å². The van der Waals surface area contributed by atoms with Crippen LogP contribution in [0.5, 0.6) is 11.5 Å². The van der Waals surface area contributed by atoms with E-state index in [2.05, 4.69) is 29.8 Å². The van der Waals surface area contributed by atoms with Gasteiger partial charge < -0.3 is 24.8 Å². The van der Waals surface area contributed by atoms with Gasteiger partial charge in [-0.1, -0.05) is 0 Å². The monoisotopic (exact) mass is 447 g/mol. The highest BCUT2D eigenvalue weighted by atomic mass is 32.1. The fourth-order valence-corrected chi connectivity index (χ4v) is 3.60. The zero-order chi connectivity index (χ0) is 22.0. The van der Waals surface area contributed by atoms with E-state index in [-0.39, 0.29) is 22.9 Å². The van der Waals surface area contributed by atoms with Crippen molar-refractivity contribution >= 4 is 34.6 Å². The number of rotatable bonds is 6. The SMILES string of the molecule is COC(=O)c1cc(CNc2ccsc2C(=O)Nc2ccc3c(c2)OC(F)(F)O3)ccn1. The molecule has 8 nitrogen and oxygen atoms in total. The van der Waals surface area contributed by atoms with Crippen LogP contribution in [0.15, 0.2) is 48.0 Å². The van der Waals surface area contributed by atoms with Crippen molar-refractivity contribution in [3.8, 4) is 11.5 Å². The summed E-state index contributed by atoms with van der Waals surface area (Å²) >= 11 is 1.21. The van der Waals surface area contributed by atoms with Crippen LogP contribution >= 0.6 is 11.3 Å². The van der Waals surface area contributed by atoms with Crippen molar-refractivity contribution in [2.24, 2.45) is 0 Å². The van der Waals surface area contributed by atoms with E-state index in [9.17, 15) is 18.4 Å². The maximum absolute atomic E-state index is 13.2. The van der Waals surface area contributed by atoms with E-state index in [0.29, 0.717) is 17.1 Å². The summed E-state index contributed by atoms with van der Waals surface area (Å²) in [6.45, 7) is 0.336. The first-order valence-electron chi connectivity index (χ1n) is 8.90. The van der Waals surface area contributed by atoms with Gasteiger partial charge in [0, 0.05) is 24.5 Å². The van der Waals surface area contributed by atoms with E-state index in [0.717, 1.165) is 5.56 Å². The summed E-state index contributed by atoms with van der Waals surface area (Å²) in [7, 11) is 1.27. The average Bonchev–Trinajstić information content (AvgIpc) is 3.34. The first-order valence-corrected chi connectivity index (χ1v) is 9.78. The molecule has 0 saturated heterocycles. The average molecular weight is 447 g/mol. The third-order valence-corrected chi connectivity index (χ3v) is 5.15. The summed E-state index contributed by atoms with van der Waals surface area (Å²) in [5.74, 6) is -1.23. The molecule has 160 valence electrons. The number of thiophene rings is 1. The topological polar surface area (TPSA) is 98.8 Å². The first kappa shape index (κ1) is 20.5. The molecule has 4 rings (SSSR count). The summed E-state index contributed by atoms with van der Waals surface area (Å²) in [4.78, 5) is 28.6. The molecule has 2 aromatic heterocycles. The number of anilines is 2. The summed E-state index contributed by atoms with van der Waals surface area (Å²) in [6, 6.07) is 9.05. The van der Waals surface area contributed by atoms with Crippen LogP contribution in [0.25, 0.3) is 0 Å². The highest BCUT2D eigenvalue weighted by Crippen LogP contribution is 2.42. The second-order valence-corrected chi connectivity index (χ2v) is 7.26. The van der Waals surface area contributed by atoms with Crippen molar-refractivity contribution in [2.45, 2.75) is 12.8 Å². The molecule has 0 saturated carbocycles. The molecule has 3 heterocycles. The largest absolute Gasteiger partial charge is 0.586 e. The number of hydrogen-bond donors (Lipinski definition) is 2. The van der Waals surface area contributed by atoms with Gasteiger partial charge in [0.05, 0.1) is 12.8 Å². The first-order chi connectivity index (χ1) is 14.8. The van der Waals surface area contributed by atoms with Gasteiger partial charge in [-0.2, -0.15) is 0 Å². The number of hydrogen-bond acceptors (Lipinski definition) is 8. The van der Waals surface area contributed by atoms with Crippen LogP contribution in [0.1, 0.15) is 25.7 Å². The Kier molecular flexibility index (Phi) is 5.42. The number of fused-ring (bicyclic) bond motifs is 1. The van der Waals surface area contributed by atoms with Gasteiger partial charge in [-0.05, 0) is 41.3 Å². The molecule has 1 amide bonds. The van der Waals surface area contributed by atoms with E-state index < -0.39 is 18.2 Å². The third kappa shape index (κ3) is 4.56. The fourth-order valence-electron chi connectivity index (χ4n) is 2.84. The zero-order valence-corrected chi connectivity index (χ0v) is 16.8. The lowest BCUT2D eigenvalue weighted by atomic mass is 10.2. The van der Waals surface area contributed by atoms with Crippen molar-refractivity contribution in [2.75, 3.05) is 17.7 Å². The second kappa shape index (κ2) is 8.19.